The zero-order chi connectivity index (χ0) is 4.50. The van der Waals surface area contributed by atoms with Gasteiger partial charge in [-0.3, -0.25) is 0 Å². The van der Waals surface area contributed by atoms with Crippen molar-refractivity contribution in [2.45, 2.75) is 0 Å². The van der Waals surface area contributed by atoms with Crippen molar-refractivity contribution >= 4 is 49.6 Å². The van der Waals surface area contributed by atoms with Crippen LogP contribution >= 0.6 is 12.1 Å². The van der Waals surface area contributed by atoms with E-state index < -0.39 is 7.95 Å². The monoisotopic (exact) mass is 136 g/mol. The van der Waals surface area contributed by atoms with Gasteiger partial charge in [-0.1, -0.05) is 0 Å². The molecular weight excluding hydrogens is 131 g/mol. The number of rotatable bonds is 0. The summed E-state index contributed by atoms with van der Waals surface area (Å²) >= 11 is 2.93. The zero-order valence-corrected chi connectivity index (χ0v) is 4.18. The molecule has 0 heterocycles. The van der Waals surface area contributed by atoms with Crippen LogP contribution in [0, 0.1) is 0 Å². The van der Waals surface area contributed by atoms with Gasteiger partial charge in [-0.2, -0.15) is 0 Å². The molecule has 34 valence electrons. The maximum atomic E-state index is 7.64. The summed E-state index contributed by atoms with van der Waals surface area (Å²) in [5.74, 6) is 0. The van der Waals surface area contributed by atoms with Crippen molar-refractivity contribution < 1.29 is 14.4 Å². The molecule has 3 nitrogen and oxygen atoms in total. The second-order valence-corrected chi connectivity index (χ2v) is 3.60. The Hall–Kier alpha value is 1.45. The first-order chi connectivity index (χ1) is 2.00. The van der Waals surface area contributed by atoms with Crippen LogP contribution in [0.25, 0.3) is 0 Å². The fourth-order valence-electron chi connectivity index (χ4n) is 0. The summed E-state index contributed by atoms with van der Waals surface area (Å²) < 4.78 is 0. The fraction of sp³-hybridized carbons (Fsp3) is 0. The molecule has 0 amide bonds. The minimum absolute atomic E-state index is 0. The van der Waals surface area contributed by atoms with E-state index in [4.69, 9.17) is 14.4 Å². The van der Waals surface area contributed by atoms with Crippen molar-refractivity contribution in [2.24, 2.45) is 0 Å². The number of hydrogen-bond acceptors (Lipinski definition) is 4. The molecule has 0 aliphatic heterocycles. The SMILES string of the molecule is O[Si](O)(O)S.[NaH]. The molecule has 0 unspecified atom stereocenters. The molecule has 0 bridgehead atoms. The summed E-state index contributed by atoms with van der Waals surface area (Å²) in [5.41, 5.74) is 0. The maximum absolute atomic E-state index is 7.64. The van der Waals surface area contributed by atoms with Gasteiger partial charge in [0.15, 0.2) is 0 Å². The Labute approximate surface area is 63.7 Å². The fourth-order valence-corrected chi connectivity index (χ4v) is 0. The molecule has 6 heteroatoms. The summed E-state index contributed by atoms with van der Waals surface area (Å²) in [6, 6.07) is 0. The van der Waals surface area contributed by atoms with Gasteiger partial charge in [0.25, 0.3) is 0 Å². The number of hydrogen-bond donors (Lipinski definition) is 4. The van der Waals surface area contributed by atoms with E-state index in [0.29, 0.717) is 0 Å². The minimum atomic E-state index is -3.92. The van der Waals surface area contributed by atoms with Gasteiger partial charge in [-0.25, -0.2) is 0 Å². The quantitative estimate of drug-likeness (QED) is 0.223. The molecule has 0 aliphatic carbocycles. The predicted molar refractivity (Wildman–Crippen MR) is 28.5 cm³/mol. The molecular formula is H5NaO3SSi. The second-order valence-electron chi connectivity index (χ2n) is 0.600. The number of thiol groups is 1. The molecule has 0 atom stereocenters. The van der Waals surface area contributed by atoms with E-state index in [2.05, 4.69) is 12.1 Å². The van der Waals surface area contributed by atoms with Crippen LogP contribution in [0.3, 0.4) is 0 Å². The molecule has 0 saturated carbocycles. The second kappa shape index (κ2) is 3.45. The van der Waals surface area contributed by atoms with E-state index in [1.807, 2.05) is 0 Å². The van der Waals surface area contributed by atoms with Crippen molar-refractivity contribution in [3.63, 3.8) is 0 Å². The Bertz CT molecular complexity index is 26.3. The van der Waals surface area contributed by atoms with Crippen LogP contribution in [-0.2, 0) is 0 Å². The zero-order valence-electron chi connectivity index (χ0n) is 2.29. The molecule has 0 saturated heterocycles. The Morgan fingerprint density at radius 3 is 1.17 bits per heavy atom. The van der Waals surface area contributed by atoms with Crippen LogP contribution in [0.15, 0.2) is 0 Å². The van der Waals surface area contributed by atoms with Crippen molar-refractivity contribution in [1.29, 1.82) is 0 Å². The topological polar surface area (TPSA) is 60.7 Å². The van der Waals surface area contributed by atoms with Crippen LogP contribution in [-0.4, -0.2) is 51.9 Å². The molecule has 0 aromatic heterocycles. The molecule has 0 rings (SSSR count). The summed E-state index contributed by atoms with van der Waals surface area (Å²) in [7, 11) is -3.92. The molecule has 3 N–H and O–H groups in total. The van der Waals surface area contributed by atoms with E-state index in [0.717, 1.165) is 0 Å². The van der Waals surface area contributed by atoms with E-state index in [9.17, 15) is 0 Å². The van der Waals surface area contributed by atoms with E-state index in [1.54, 1.807) is 0 Å². The first kappa shape index (κ1) is 10.4. The van der Waals surface area contributed by atoms with Gasteiger partial charge in [-0.15, -0.1) is 12.1 Å². The summed E-state index contributed by atoms with van der Waals surface area (Å²) in [6.45, 7) is 0. The normalized spacial score (nSPS) is 10.0. The van der Waals surface area contributed by atoms with Crippen LogP contribution in [0.1, 0.15) is 0 Å². The van der Waals surface area contributed by atoms with Gasteiger partial charge < -0.3 is 14.4 Å². The van der Waals surface area contributed by atoms with Crippen molar-refractivity contribution in [3.8, 4) is 0 Å². The molecule has 6 heavy (non-hydrogen) atoms. The van der Waals surface area contributed by atoms with Gasteiger partial charge in [0.05, 0.1) is 0 Å². The van der Waals surface area contributed by atoms with Crippen LogP contribution < -0.4 is 0 Å². The Morgan fingerprint density at radius 1 is 1.17 bits per heavy atom. The van der Waals surface area contributed by atoms with E-state index >= 15 is 0 Å². The van der Waals surface area contributed by atoms with Crippen LogP contribution in [0.2, 0.25) is 0 Å². The summed E-state index contributed by atoms with van der Waals surface area (Å²) in [5, 5.41) is 0. The summed E-state index contributed by atoms with van der Waals surface area (Å²) in [6.07, 6.45) is 0. The van der Waals surface area contributed by atoms with Gasteiger partial charge in [0.1, 0.15) is 0 Å². The van der Waals surface area contributed by atoms with Crippen LogP contribution in [0.4, 0.5) is 0 Å². The predicted octanol–water partition coefficient (Wildman–Crippen LogP) is -2.32. The molecule has 0 radical (unpaired) electrons. The van der Waals surface area contributed by atoms with Crippen molar-refractivity contribution in [1.82, 2.24) is 0 Å². The van der Waals surface area contributed by atoms with Crippen molar-refractivity contribution in [3.05, 3.63) is 0 Å². The van der Waals surface area contributed by atoms with E-state index in [-0.39, 0.29) is 29.6 Å². The van der Waals surface area contributed by atoms with E-state index in [1.165, 1.54) is 0 Å². The first-order valence-electron chi connectivity index (χ1n) is 0.894. The van der Waals surface area contributed by atoms with Gasteiger partial charge in [0, 0.05) is 0 Å². The third kappa shape index (κ3) is 51.5. The van der Waals surface area contributed by atoms with Gasteiger partial charge >= 0.3 is 37.5 Å². The molecule has 0 spiro atoms. The molecule has 0 aromatic rings. The summed E-state index contributed by atoms with van der Waals surface area (Å²) in [4.78, 5) is 22.9. The molecule has 0 aliphatic rings. The Kier molecular flexibility index (Phi) is 6.00. The average molecular weight is 136 g/mol. The van der Waals surface area contributed by atoms with Gasteiger partial charge in [0.2, 0.25) is 0 Å². The van der Waals surface area contributed by atoms with Gasteiger partial charge in [-0.05, 0) is 0 Å². The average Bonchev–Trinajstić information content (AvgIpc) is 0.722. The van der Waals surface area contributed by atoms with Crippen LogP contribution in [0.5, 0.6) is 0 Å². The third-order valence-corrected chi connectivity index (χ3v) is 0. The standard InChI is InChI=1S/Na.H4O3SSi.H/c;1-5(2,3)4;/h;1-4H;. The third-order valence-electron chi connectivity index (χ3n) is 0. The van der Waals surface area contributed by atoms with Crippen molar-refractivity contribution in [2.75, 3.05) is 0 Å². The Balaban J connectivity index is 0. The molecule has 0 fully saturated rings. The first-order valence-corrected chi connectivity index (χ1v) is 4.02. The molecule has 0 aromatic carbocycles. The Morgan fingerprint density at radius 2 is 1.17 bits per heavy atom.